The summed E-state index contributed by atoms with van der Waals surface area (Å²) in [6.07, 6.45) is 5.49. The van der Waals surface area contributed by atoms with E-state index in [2.05, 4.69) is 0 Å². The molecule has 0 spiro atoms. The summed E-state index contributed by atoms with van der Waals surface area (Å²) in [6.45, 7) is 0. The second kappa shape index (κ2) is 3.56. The molecule has 0 unspecified atom stereocenters. The number of hydrogen-bond acceptors (Lipinski definition) is 1. The number of hydrogen-bond donors (Lipinski definition) is 1. The van der Waals surface area contributed by atoms with E-state index in [0.29, 0.717) is 5.92 Å². The van der Waals surface area contributed by atoms with Gasteiger partial charge in [-0.1, -0.05) is 18.6 Å². The topological polar surface area (TPSA) is 20.2 Å². The summed E-state index contributed by atoms with van der Waals surface area (Å²) in [5, 5.41) is 10.8. The Morgan fingerprint density at radius 1 is 1.12 bits per heavy atom. The molecule has 2 bridgehead atoms. The molecule has 3 rings (SSSR count). The second-order valence-electron chi connectivity index (χ2n) is 5.35. The standard InChI is InChI=1S/C14H17FO/c15-13-5-3-11(4-6-13)14(16)8-7-10-1-2-12(14)9-10/h3-6,10,12,16H,1-2,7-9H2/t10-,12-,14-/m1/s1. The zero-order valence-corrected chi connectivity index (χ0v) is 9.32. The van der Waals surface area contributed by atoms with E-state index in [1.54, 1.807) is 12.1 Å². The van der Waals surface area contributed by atoms with Gasteiger partial charge in [-0.25, -0.2) is 4.39 Å². The summed E-state index contributed by atoms with van der Waals surface area (Å²) in [5.74, 6) is 0.981. The average Bonchev–Trinajstić information content (AvgIpc) is 2.70. The molecule has 2 heteroatoms. The minimum absolute atomic E-state index is 0.229. The Hall–Kier alpha value is -0.890. The molecule has 1 aromatic carbocycles. The molecule has 0 aliphatic heterocycles. The van der Waals surface area contributed by atoms with Gasteiger partial charge < -0.3 is 5.11 Å². The van der Waals surface area contributed by atoms with Gasteiger partial charge >= 0.3 is 0 Å². The first-order valence-electron chi connectivity index (χ1n) is 6.17. The van der Waals surface area contributed by atoms with E-state index < -0.39 is 5.60 Å². The molecular formula is C14H17FO. The van der Waals surface area contributed by atoms with Gasteiger partial charge in [0.2, 0.25) is 0 Å². The smallest absolute Gasteiger partial charge is 0.123 e. The molecular weight excluding hydrogens is 203 g/mol. The van der Waals surface area contributed by atoms with Gasteiger partial charge in [-0.05, 0) is 55.2 Å². The monoisotopic (exact) mass is 220 g/mol. The number of rotatable bonds is 1. The Morgan fingerprint density at radius 3 is 2.62 bits per heavy atom. The maximum Gasteiger partial charge on any atom is 0.123 e. The molecule has 2 aliphatic carbocycles. The molecule has 16 heavy (non-hydrogen) atoms. The fourth-order valence-corrected chi connectivity index (χ4v) is 3.52. The van der Waals surface area contributed by atoms with Crippen LogP contribution >= 0.6 is 0 Å². The Morgan fingerprint density at radius 2 is 1.88 bits per heavy atom. The van der Waals surface area contributed by atoms with E-state index in [1.165, 1.54) is 18.6 Å². The van der Waals surface area contributed by atoms with Crippen LogP contribution in [0.5, 0.6) is 0 Å². The van der Waals surface area contributed by atoms with Gasteiger partial charge in [-0.2, -0.15) is 0 Å². The molecule has 2 saturated carbocycles. The lowest BCUT2D eigenvalue weighted by molar-refractivity contribution is -0.0484. The summed E-state index contributed by atoms with van der Waals surface area (Å²) >= 11 is 0. The summed E-state index contributed by atoms with van der Waals surface area (Å²) in [6, 6.07) is 6.39. The molecule has 0 radical (unpaired) electrons. The Labute approximate surface area is 95.3 Å². The largest absolute Gasteiger partial charge is 0.385 e. The van der Waals surface area contributed by atoms with Crippen molar-refractivity contribution in [2.75, 3.05) is 0 Å². The first-order chi connectivity index (χ1) is 7.68. The summed E-state index contributed by atoms with van der Waals surface area (Å²) in [4.78, 5) is 0. The van der Waals surface area contributed by atoms with E-state index in [1.807, 2.05) is 0 Å². The third kappa shape index (κ3) is 1.47. The maximum atomic E-state index is 12.9. The zero-order valence-electron chi connectivity index (χ0n) is 9.32. The van der Waals surface area contributed by atoms with Crippen LogP contribution in [-0.4, -0.2) is 5.11 Å². The van der Waals surface area contributed by atoms with Gasteiger partial charge in [0, 0.05) is 0 Å². The Bertz CT molecular complexity index is 386. The fraction of sp³-hybridized carbons (Fsp3) is 0.571. The van der Waals surface area contributed by atoms with E-state index in [9.17, 15) is 9.50 Å². The number of benzene rings is 1. The van der Waals surface area contributed by atoms with E-state index in [4.69, 9.17) is 0 Å². The van der Waals surface area contributed by atoms with Crippen LogP contribution in [0.3, 0.4) is 0 Å². The Balaban J connectivity index is 1.94. The van der Waals surface area contributed by atoms with Crippen LogP contribution in [0.4, 0.5) is 4.39 Å². The maximum absolute atomic E-state index is 12.9. The number of fused-ring (bicyclic) bond motifs is 2. The third-order valence-corrected chi connectivity index (χ3v) is 4.49. The summed E-state index contributed by atoms with van der Waals surface area (Å²) in [5.41, 5.74) is 0.208. The first kappa shape index (κ1) is 10.3. The molecule has 1 N–H and O–H groups in total. The van der Waals surface area contributed by atoms with Crippen LogP contribution in [0.25, 0.3) is 0 Å². The highest BCUT2D eigenvalue weighted by molar-refractivity contribution is 5.25. The van der Waals surface area contributed by atoms with Gasteiger partial charge in [0.25, 0.3) is 0 Å². The van der Waals surface area contributed by atoms with Crippen molar-refractivity contribution in [3.05, 3.63) is 35.6 Å². The lowest BCUT2D eigenvalue weighted by Gasteiger charge is -2.38. The van der Waals surface area contributed by atoms with E-state index in [0.717, 1.165) is 37.2 Å². The van der Waals surface area contributed by atoms with E-state index >= 15 is 0 Å². The van der Waals surface area contributed by atoms with Gasteiger partial charge in [0.1, 0.15) is 5.82 Å². The van der Waals surface area contributed by atoms with Crippen molar-refractivity contribution in [1.29, 1.82) is 0 Å². The lowest BCUT2D eigenvalue weighted by Crippen LogP contribution is -2.36. The van der Waals surface area contributed by atoms with E-state index in [-0.39, 0.29) is 5.82 Å². The van der Waals surface area contributed by atoms with Gasteiger partial charge in [0.05, 0.1) is 5.60 Å². The molecule has 0 amide bonds. The molecule has 1 nitrogen and oxygen atoms in total. The highest BCUT2D eigenvalue weighted by Gasteiger charge is 2.46. The SMILES string of the molecule is O[C@@]1(c2ccc(F)cc2)CC[C@H]2CC[C@@H]1C2. The zero-order chi connectivity index (χ0) is 11.2. The minimum Gasteiger partial charge on any atom is -0.385 e. The van der Waals surface area contributed by atoms with Crippen LogP contribution in [0.2, 0.25) is 0 Å². The average molecular weight is 220 g/mol. The normalized spacial score (nSPS) is 37.6. The van der Waals surface area contributed by atoms with Crippen LogP contribution in [0.1, 0.15) is 37.7 Å². The van der Waals surface area contributed by atoms with Crippen LogP contribution in [0.15, 0.2) is 24.3 Å². The van der Waals surface area contributed by atoms with Crippen molar-refractivity contribution in [2.45, 2.75) is 37.7 Å². The fourth-order valence-electron chi connectivity index (χ4n) is 3.52. The van der Waals surface area contributed by atoms with Crippen LogP contribution in [-0.2, 0) is 5.60 Å². The molecule has 86 valence electrons. The predicted octanol–water partition coefficient (Wildman–Crippen LogP) is 3.22. The second-order valence-corrected chi connectivity index (χ2v) is 5.35. The van der Waals surface area contributed by atoms with Gasteiger partial charge in [-0.3, -0.25) is 0 Å². The highest BCUT2D eigenvalue weighted by atomic mass is 19.1. The Kier molecular flexibility index (Phi) is 2.28. The summed E-state index contributed by atoms with van der Waals surface area (Å²) < 4.78 is 12.9. The van der Waals surface area contributed by atoms with Crippen molar-refractivity contribution >= 4 is 0 Å². The minimum atomic E-state index is -0.694. The number of halogens is 1. The van der Waals surface area contributed by atoms with Gasteiger partial charge in [-0.15, -0.1) is 0 Å². The number of aliphatic hydroxyl groups is 1. The van der Waals surface area contributed by atoms with Crippen molar-refractivity contribution in [3.8, 4) is 0 Å². The first-order valence-corrected chi connectivity index (χ1v) is 6.17. The quantitative estimate of drug-likeness (QED) is 0.770. The van der Waals surface area contributed by atoms with Gasteiger partial charge in [0.15, 0.2) is 0 Å². The van der Waals surface area contributed by atoms with Crippen molar-refractivity contribution < 1.29 is 9.50 Å². The molecule has 2 aliphatic rings. The van der Waals surface area contributed by atoms with Crippen molar-refractivity contribution in [3.63, 3.8) is 0 Å². The highest BCUT2D eigenvalue weighted by Crippen LogP contribution is 2.51. The summed E-state index contributed by atoms with van der Waals surface area (Å²) in [7, 11) is 0. The molecule has 0 saturated heterocycles. The molecule has 0 heterocycles. The molecule has 0 aromatic heterocycles. The predicted molar refractivity (Wildman–Crippen MR) is 60.4 cm³/mol. The molecule has 1 aromatic rings. The van der Waals surface area contributed by atoms with Crippen molar-refractivity contribution in [2.24, 2.45) is 11.8 Å². The molecule has 3 atom stereocenters. The third-order valence-electron chi connectivity index (χ3n) is 4.49. The molecule has 2 fully saturated rings. The van der Waals surface area contributed by atoms with Crippen molar-refractivity contribution in [1.82, 2.24) is 0 Å². The van der Waals surface area contributed by atoms with Crippen LogP contribution < -0.4 is 0 Å². The lowest BCUT2D eigenvalue weighted by atomic mass is 9.72. The van der Waals surface area contributed by atoms with Crippen LogP contribution in [0, 0.1) is 17.7 Å².